The van der Waals surface area contributed by atoms with Gasteiger partial charge in [-0.15, -0.1) is 0 Å². The molecular formula is C18H20N4O5S. The number of nitrogens with one attached hydrogen (secondary N) is 1. The molecule has 0 saturated carbocycles. The molecule has 148 valence electrons. The van der Waals surface area contributed by atoms with Gasteiger partial charge < -0.3 is 20.2 Å². The van der Waals surface area contributed by atoms with E-state index in [1.807, 2.05) is 0 Å². The number of amides is 1. The maximum atomic E-state index is 13.0. The van der Waals surface area contributed by atoms with Gasteiger partial charge in [0.25, 0.3) is 15.9 Å². The Morgan fingerprint density at radius 3 is 2.68 bits per heavy atom. The largest absolute Gasteiger partial charge is 0.491 e. The average molecular weight is 404 g/mol. The molecule has 3 N–H and O–H groups in total. The van der Waals surface area contributed by atoms with E-state index in [0.29, 0.717) is 28.9 Å². The number of ether oxygens (including phenoxy) is 2. The van der Waals surface area contributed by atoms with Crippen LogP contribution in [0.5, 0.6) is 5.75 Å². The first kappa shape index (κ1) is 19.6. The molecule has 0 aliphatic carbocycles. The monoisotopic (exact) mass is 404 g/mol. The average Bonchev–Trinajstić information content (AvgIpc) is 3.12. The summed E-state index contributed by atoms with van der Waals surface area (Å²) in [7, 11) is -0.973. The van der Waals surface area contributed by atoms with Crippen LogP contribution in [0.4, 0.5) is 5.69 Å². The Morgan fingerprint density at radius 1 is 1.25 bits per heavy atom. The molecule has 1 amide bonds. The highest BCUT2D eigenvalue weighted by Crippen LogP contribution is 2.34. The van der Waals surface area contributed by atoms with Crippen molar-refractivity contribution < 1.29 is 22.7 Å². The summed E-state index contributed by atoms with van der Waals surface area (Å²) in [4.78, 5) is 18.4. The van der Waals surface area contributed by atoms with E-state index in [2.05, 4.69) is 9.97 Å². The van der Waals surface area contributed by atoms with Gasteiger partial charge in [-0.25, -0.2) is 4.98 Å². The summed E-state index contributed by atoms with van der Waals surface area (Å²) in [5.74, 6) is -0.225. The highest BCUT2D eigenvalue weighted by atomic mass is 32.2. The molecule has 0 atom stereocenters. The lowest BCUT2D eigenvalue weighted by Gasteiger charge is -2.20. The van der Waals surface area contributed by atoms with Gasteiger partial charge in [-0.05, 0) is 24.3 Å². The van der Waals surface area contributed by atoms with E-state index in [1.165, 1.54) is 19.3 Å². The van der Waals surface area contributed by atoms with E-state index in [-0.39, 0.29) is 17.3 Å². The van der Waals surface area contributed by atoms with E-state index < -0.39 is 15.9 Å². The Balaban J connectivity index is 2.12. The van der Waals surface area contributed by atoms with Crippen LogP contribution in [-0.4, -0.2) is 51.7 Å². The number of rotatable bonds is 8. The van der Waals surface area contributed by atoms with Crippen LogP contribution in [0.15, 0.2) is 47.6 Å². The van der Waals surface area contributed by atoms with Gasteiger partial charge in [0.15, 0.2) is 5.03 Å². The van der Waals surface area contributed by atoms with Gasteiger partial charge in [-0.1, -0.05) is 6.07 Å². The third-order valence-electron chi connectivity index (χ3n) is 4.10. The van der Waals surface area contributed by atoms with Crippen LogP contribution in [0.2, 0.25) is 0 Å². The second-order valence-corrected chi connectivity index (χ2v) is 7.85. The van der Waals surface area contributed by atoms with Crippen molar-refractivity contribution in [3.8, 4) is 5.75 Å². The van der Waals surface area contributed by atoms with Gasteiger partial charge in [0.05, 0.1) is 17.8 Å². The van der Waals surface area contributed by atoms with Crippen molar-refractivity contribution in [3.05, 3.63) is 48.3 Å². The summed E-state index contributed by atoms with van der Waals surface area (Å²) >= 11 is 0. The maximum Gasteiger partial charge on any atom is 0.281 e. The quantitative estimate of drug-likeness (QED) is 0.548. The Bertz CT molecular complexity index is 1100. The number of carbonyl (C=O) groups is 1. The van der Waals surface area contributed by atoms with Crippen LogP contribution in [-0.2, 0) is 14.8 Å². The predicted molar refractivity (Wildman–Crippen MR) is 104 cm³/mol. The molecule has 3 rings (SSSR count). The van der Waals surface area contributed by atoms with Crippen molar-refractivity contribution in [2.75, 3.05) is 31.7 Å². The summed E-state index contributed by atoms with van der Waals surface area (Å²) in [5, 5.41) is 0.486. The molecular weight excluding hydrogens is 384 g/mol. The smallest absolute Gasteiger partial charge is 0.281 e. The lowest BCUT2D eigenvalue weighted by Crippen LogP contribution is -2.27. The van der Waals surface area contributed by atoms with Crippen LogP contribution in [0.25, 0.3) is 10.9 Å². The summed E-state index contributed by atoms with van der Waals surface area (Å²) < 4.78 is 37.7. The number of hydrogen-bond donors (Lipinski definition) is 2. The zero-order valence-corrected chi connectivity index (χ0v) is 16.2. The number of nitrogens with zero attached hydrogens (tertiary/aromatic N) is 2. The first-order valence-corrected chi connectivity index (χ1v) is 9.77. The molecule has 10 heteroatoms. The number of nitrogens with two attached hydrogens (primary N) is 1. The van der Waals surface area contributed by atoms with Crippen molar-refractivity contribution in [2.24, 2.45) is 5.73 Å². The molecule has 0 spiro atoms. The molecule has 0 fully saturated rings. The third kappa shape index (κ3) is 3.78. The van der Waals surface area contributed by atoms with E-state index in [0.717, 1.165) is 4.31 Å². The molecule has 0 aliphatic heterocycles. The van der Waals surface area contributed by atoms with Crippen molar-refractivity contribution in [1.29, 1.82) is 0 Å². The van der Waals surface area contributed by atoms with Crippen LogP contribution in [0, 0.1) is 0 Å². The molecule has 9 nitrogen and oxygen atoms in total. The van der Waals surface area contributed by atoms with Crippen molar-refractivity contribution >= 4 is 32.5 Å². The minimum Gasteiger partial charge on any atom is -0.491 e. The molecule has 0 radical (unpaired) electrons. The van der Waals surface area contributed by atoms with E-state index in [4.69, 9.17) is 15.2 Å². The van der Waals surface area contributed by atoms with Gasteiger partial charge >= 0.3 is 0 Å². The van der Waals surface area contributed by atoms with Gasteiger partial charge in [-0.2, -0.15) is 8.42 Å². The number of pyridine rings is 1. The fourth-order valence-corrected chi connectivity index (χ4v) is 3.80. The Kier molecular flexibility index (Phi) is 5.52. The number of aromatic amines is 1. The zero-order chi connectivity index (χ0) is 20.3. The number of aromatic nitrogens is 2. The predicted octanol–water partition coefficient (Wildman–Crippen LogP) is 1.51. The molecule has 2 heterocycles. The molecule has 3 aromatic rings. The molecule has 28 heavy (non-hydrogen) atoms. The van der Waals surface area contributed by atoms with Crippen LogP contribution in [0.1, 0.15) is 10.5 Å². The first-order valence-electron chi connectivity index (χ1n) is 8.33. The third-order valence-corrected chi connectivity index (χ3v) is 5.79. The van der Waals surface area contributed by atoms with Gasteiger partial charge in [0, 0.05) is 31.8 Å². The molecule has 2 aromatic heterocycles. The van der Waals surface area contributed by atoms with Crippen molar-refractivity contribution in [1.82, 2.24) is 9.97 Å². The first-order chi connectivity index (χ1) is 13.3. The second-order valence-electron chi connectivity index (χ2n) is 5.94. The molecule has 0 unspecified atom stereocenters. The molecule has 1 aromatic carbocycles. The summed E-state index contributed by atoms with van der Waals surface area (Å²) in [6, 6.07) is 9.44. The maximum absolute atomic E-state index is 13.0. The van der Waals surface area contributed by atoms with Gasteiger partial charge in [0.1, 0.15) is 18.1 Å². The summed E-state index contributed by atoms with van der Waals surface area (Å²) in [6.45, 7) is 0.653. The van der Waals surface area contributed by atoms with Gasteiger partial charge in [-0.3, -0.25) is 9.10 Å². The highest BCUT2D eigenvalue weighted by molar-refractivity contribution is 7.92. The number of fused-ring (bicyclic) bond motifs is 1. The van der Waals surface area contributed by atoms with E-state index in [9.17, 15) is 13.2 Å². The fourth-order valence-electron chi connectivity index (χ4n) is 2.67. The lowest BCUT2D eigenvalue weighted by molar-refractivity contribution is 0.0996. The standard InChI is InChI=1S/C18H20N4O5S/c1-22(28(24,25)16-5-3-4-6-20-16)15-11-13(27-8-7-26-2)9-12-10-14(18(19)23)21-17(12)15/h3-6,9-11,21H,7-8H2,1-2H3,(H2,19,23). The number of methoxy groups -OCH3 is 1. The second kappa shape index (κ2) is 7.87. The highest BCUT2D eigenvalue weighted by Gasteiger charge is 2.25. The number of carbonyl (C=O) groups excluding carboxylic acids is 1. The number of sulfonamides is 1. The number of primary amides is 1. The van der Waals surface area contributed by atoms with Crippen LogP contribution in [0.3, 0.4) is 0 Å². The normalized spacial score (nSPS) is 11.5. The minimum atomic E-state index is -3.93. The molecule has 0 bridgehead atoms. The van der Waals surface area contributed by atoms with Crippen molar-refractivity contribution in [3.63, 3.8) is 0 Å². The SMILES string of the molecule is COCCOc1cc(N(C)S(=O)(=O)c2ccccn2)c2[nH]c(C(N)=O)cc2c1. The number of anilines is 1. The van der Waals surface area contributed by atoms with Crippen molar-refractivity contribution in [2.45, 2.75) is 5.03 Å². The molecule has 0 saturated heterocycles. The van der Waals surface area contributed by atoms with Gasteiger partial charge in [0.2, 0.25) is 0 Å². The Labute approximate surface area is 162 Å². The minimum absolute atomic E-state index is 0.0990. The Hall–Kier alpha value is -3.11. The number of H-pyrrole nitrogens is 1. The molecule has 0 aliphatic rings. The topological polar surface area (TPSA) is 128 Å². The lowest BCUT2D eigenvalue weighted by atomic mass is 10.2. The number of benzene rings is 1. The Morgan fingerprint density at radius 2 is 2.04 bits per heavy atom. The zero-order valence-electron chi connectivity index (χ0n) is 15.4. The van der Waals surface area contributed by atoms with Crippen LogP contribution < -0.4 is 14.8 Å². The number of hydrogen-bond acceptors (Lipinski definition) is 6. The fraction of sp³-hybridized carbons (Fsp3) is 0.222. The van der Waals surface area contributed by atoms with Crippen LogP contribution >= 0.6 is 0 Å². The van der Waals surface area contributed by atoms with E-state index in [1.54, 1.807) is 37.4 Å². The summed E-state index contributed by atoms with van der Waals surface area (Å²) in [5.41, 5.74) is 6.25. The van der Waals surface area contributed by atoms with E-state index >= 15 is 0 Å². The summed E-state index contributed by atoms with van der Waals surface area (Å²) in [6.07, 6.45) is 1.40.